The van der Waals surface area contributed by atoms with E-state index >= 15 is 0 Å². The molecule has 1 aromatic rings. The lowest BCUT2D eigenvalue weighted by Crippen LogP contribution is -2.80. The number of carboxylic acids is 1. The Morgan fingerprint density at radius 2 is 2.38 bits per heavy atom. The Labute approximate surface area is 179 Å². The summed E-state index contributed by atoms with van der Waals surface area (Å²) < 4.78 is 6.95. The molecule has 0 aliphatic carbocycles. The van der Waals surface area contributed by atoms with E-state index < -0.39 is 23.0 Å². The predicted octanol–water partition coefficient (Wildman–Crippen LogP) is 0.119. The van der Waals surface area contributed by atoms with Crippen LogP contribution in [0.5, 0.6) is 0 Å². The molecule has 2 aliphatic heterocycles. The highest BCUT2D eigenvalue weighted by atomic mass is 32.2. The molecule has 0 aromatic carbocycles. The number of thioether (sulfide) groups is 2. The molecule has 1 aromatic heterocycles. The molecule has 0 spiro atoms. The lowest BCUT2D eigenvalue weighted by atomic mass is 9.98. The Kier molecular flexibility index (Phi) is 6.42. The Morgan fingerprint density at radius 1 is 1.62 bits per heavy atom. The van der Waals surface area contributed by atoms with Gasteiger partial charge in [0.1, 0.15) is 11.1 Å². The van der Waals surface area contributed by atoms with E-state index in [9.17, 15) is 14.7 Å². The van der Waals surface area contributed by atoms with Gasteiger partial charge in [0.25, 0.3) is 11.6 Å². The molecular weight excluding hydrogens is 438 g/mol. The summed E-state index contributed by atoms with van der Waals surface area (Å²) >= 11 is 7.89. The molecule has 154 valence electrons. The van der Waals surface area contributed by atoms with Crippen molar-refractivity contribution in [3.8, 4) is 6.07 Å². The third kappa shape index (κ3) is 3.82. The Balaban J connectivity index is 1.81. The number of carbonyl (C=O) groups is 2. The summed E-state index contributed by atoms with van der Waals surface area (Å²) in [4.78, 5) is 26.5. The summed E-state index contributed by atoms with van der Waals surface area (Å²) in [5.74, 6) is -0.997. The molecular formula is C15H17N7O4S3. The minimum absolute atomic E-state index is 0.0567. The Morgan fingerprint density at radius 3 is 2.97 bits per heavy atom. The molecule has 0 bridgehead atoms. The summed E-state index contributed by atoms with van der Waals surface area (Å²) in [6, 6.07) is 1.99. The molecule has 0 saturated carbocycles. The van der Waals surface area contributed by atoms with Gasteiger partial charge < -0.3 is 15.2 Å². The van der Waals surface area contributed by atoms with Gasteiger partial charge in [-0.05, 0) is 16.0 Å². The van der Waals surface area contributed by atoms with Crippen LogP contribution in [0.1, 0.15) is 12.8 Å². The first-order valence-corrected chi connectivity index (χ1v) is 10.8. The number of fused-ring (bicyclic) bond motifs is 1. The maximum absolute atomic E-state index is 13.0. The summed E-state index contributed by atoms with van der Waals surface area (Å²) in [6.45, 7) is 0. The number of rotatable bonds is 8. The van der Waals surface area contributed by atoms with Crippen molar-refractivity contribution in [2.45, 2.75) is 29.1 Å². The number of methoxy groups -OCH3 is 1. The first-order valence-electron chi connectivity index (χ1n) is 8.34. The van der Waals surface area contributed by atoms with E-state index in [4.69, 9.17) is 22.2 Å². The fraction of sp³-hybridized carbons (Fsp3) is 0.533. The van der Waals surface area contributed by atoms with Crippen molar-refractivity contribution in [3.63, 3.8) is 0 Å². The van der Waals surface area contributed by atoms with Gasteiger partial charge in [-0.1, -0.05) is 24.0 Å². The summed E-state index contributed by atoms with van der Waals surface area (Å²) in [6.07, 6.45) is 0.497. The molecule has 3 rings (SSSR count). The average Bonchev–Trinajstić information content (AvgIpc) is 3.12. The fourth-order valence-corrected chi connectivity index (χ4v) is 5.67. The van der Waals surface area contributed by atoms with Gasteiger partial charge in [0, 0.05) is 38.5 Å². The van der Waals surface area contributed by atoms with E-state index in [1.807, 2.05) is 6.07 Å². The third-order valence-corrected chi connectivity index (χ3v) is 7.16. The molecule has 1 unspecified atom stereocenters. The van der Waals surface area contributed by atoms with Gasteiger partial charge in [-0.2, -0.15) is 5.26 Å². The van der Waals surface area contributed by atoms with Crippen LogP contribution in [0.4, 0.5) is 0 Å². The van der Waals surface area contributed by atoms with Gasteiger partial charge in [-0.3, -0.25) is 9.69 Å². The van der Waals surface area contributed by atoms with Gasteiger partial charge in [-0.15, -0.1) is 16.9 Å². The zero-order valence-electron chi connectivity index (χ0n) is 15.5. The van der Waals surface area contributed by atoms with E-state index in [-0.39, 0.29) is 18.5 Å². The quantitative estimate of drug-likeness (QED) is 0.237. The number of carboxylic acid groups (broad SMARTS) is 1. The Bertz CT molecular complexity index is 927. The number of β-lactam (4-membered cyclic amide) rings is 1. The number of nitriles is 1. The van der Waals surface area contributed by atoms with Crippen LogP contribution in [0.2, 0.25) is 0 Å². The number of aliphatic carboxylic acids is 1. The van der Waals surface area contributed by atoms with Crippen LogP contribution in [0, 0.1) is 11.3 Å². The van der Waals surface area contributed by atoms with E-state index in [1.165, 1.54) is 40.2 Å². The molecule has 29 heavy (non-hydrogen) atoms. The first kappa shape index (κ1) is 21.5. The van der Waals surface area contributed by atoms with Gasteiger partial charge in [0.05, 0.1) is 11.1 Å². The highest BCUT2D eigenvalue weighted by Gasteiger charge is 2.66. The lowest BCUT2D eigenvalue weighted by Gasteiger charge is -2.56. The largest absolute Gasteiger partial charge is 0.477 e. The molecule has 11 nitrogen and oxygen atoms in total. The second kappa shape index (κ2) is 8.66. The second-order valence-electron chi connectivity index (χ2n) is 6.12. The smallest absolute Gasteiger partial charge is 0.352 e. The highest BCUT2D eigenvalue weighted by Crippen LogP contribution is 2.47. The molecule has 0 radical (unpaired) electrons. The third-order valence-electron chi connectivity index (χ3n) is 4.38. The molecule has 3 heterocycles. The summed E-state index contributed by atoms with van der Waals surface area (Å²) in [7, 11) is 3.06. The van der Waals surface area contributed by atoms with Crippen molar-refractivity contribution in [1.82, 2.24) is 30.4 Å². The number of hydrogen-bond acceptors (Lipinski definition) is 10. The van der Waals surface area contributed by atoms with Crippen molar-refractivity contribution in [2.24, 2.45) is 7.05 Å². The number of nitrogens with one attached hydrogen (secondary N) is 1. The SMILES string of the molecule is COC1(NC(=S)CCC#N)C(=O)N2C(C(=O)O)=C(CSc3nnnn3C)CS[C@@H]21. The van der Waals surface area contributed by atoms with Gasteiger partial charge in [-0.25, -0.2) is 9.48 Å². The van der Waals surface area contributed by atoms with Crippen molar-refractivity contribution in [3.05, 3.63) is 11.3 Å². The molecule has 2 N–H and O–H groups in total. The van der Waals surface area contributed by atoms with Crippen molar-refractivity contribution in [1.29, 1.82) is 5.26 Å². The summed E-state index contributed by atoms with van der Waals surface area (Å²) in [5, 5.41) is 32.5. The summed E-state index contributed by atoms with van der Waals surface area (Å²) in [5.41, 5.74) is -0.903. The molecule has 14 heteroatoms. The maximum atomic E-state index is 13.0. The monoisotopic (exact) mass is 455 g/mol. The maximum Gasteiger partial charge on any atom is 0.352 e. The predicted molar refractivity (Wildman–Crippen MR) is 108 cm³/mol. The fourth-order valence-electron chi connectivity index (χ4n) is 2.99. The van der Waals surface area contributed by atoms with Gasteiger partial charge in [0.15, 0.2) is 0 Å². The molecule has 1 saturated heterocycles. The standard InChI is InChI=1S/C15H17N7O4S3/c1-21-14(18-19-20-21)29-7-8-6-28-13-15(26-2,17-9(27)4-3-5-16)12(25)22(13)10(8)11(23)24/h13H,3-4,6-7H2,1-2H3,(H,17,27)(H,23,24)/t13-,15?/m1/s1. The van der Waals surface area contributed by atoms with Gasteiger partial charge in [0.2, 0.25) is 5.16 Å². The number of hydrogen-bond donors (Lipinski definition) is 2. The van der Waals surface area contributed by atoms with Crippen LogP contribution in [-0.4, -0.2) is 76.8 Å². The van der Waals surface area contributed by atoms with Crippen LogP contribution < -0.4 is 5.32 Å². The minimum Gasteiger partial charge on any atom is -0.477 e. The first-order chi connectivity index (χ1) is 13.9. The number of thiocarbonyl (C=S) groups is 1. The second-order valence-corrected chi connectivity index (χ2v) is 8.62. The zero-order valence-corrected chi connectivity index (χ0v) is 17.9. The number of tetrazole rings is 1. The van der Waals surface area contributed by atoms with Crippen LogP contribution in [0.15, 0.2) is 16.4 Å². The average molecular weight is 456 g/mol. The number of aromatic nitrogens is 4. The number of nitrogens with zero attached hydrogens (tertiary/aromatic N) is 6. The highest BCUT2D eigenvalue weighted by molar-refractivity contribution is 8.01. The van der Waals surface area contributed by atoms with Crippen molar-refractivity contribution < 1.29 is 19.4 Å². The zero-order chi connectivity index (χ0) is 21.2. The lowest BCUT2D eigenvalue weighted by molar-refractivity contribution is -0.187. The number of carbonyl (C=O) groups excluding carboxylic acids is 1. The number of ether oxygens (including phenoxy) is 1. The van der Waals surface area contributed by atoms with Crippen molar-refractivity contribution in [2.75, 3.05) is 18.6 Å². The molecule has 2 atom stereocenters. The van der Waals surface area contributed by atoms with Crippen LogP contribution in [0.25, 0.3) is 0 Å². The number of aryl methyl sites for hydroxylation is 1. The van der Waals surface area contributed by atoms with Crippen molar-refractivity contribution >= 4 is 52.6 Å². The number of amides is 1. The topological polar surface area (TPSA) is 146 Å². The molecule has 1 amide bonds. The van der Waals surface area contributed by atoms with E-state index in [0.717, 1.165) is 0 Å². The van der Waals surface area contributed by atoms with Crippen LogP contribution in [-0.2, 0) is 21.4 Å². The van der Waals surface area contributed by atoms with E-state index in [1.54, 1.807) is 7.05 Å². The minimum atomic E-state index is -1.44. The van der Waals surface area contributed by atoms with Gasteiger partial charge >= 0.3 is 5.97 Å². The van der Waals surface area contributed by atoms with E-state index in [2.05, 4.69) is 20.8 Å². The van der Waals surface area contributed by atoms with Crippen LogP contribution >= 0.6 is 35.7 Å². The Hall–Kier alpha value is -2.21. The molecule has 1 fully saturated rings. The normalized spacial score (nSPS) is 23.3. The molecule has 2 aliphatic rings. The van der Waals surface area contributed by atoms with E-state index in [0.29, 0.717) is 27.2 Å². The van der Waals surface area contributed by atoms with Crippen LogP contribution in [0.3, 0.4) is 0 Å².